The predicted octanol–water partition coefficient (Wildman–Crippen LogP) is -1.35. The van der Waals surface area contributed by atoms with Gasteiger partial charge in [0.1, 0.15) is 12.2 Å². The number of carbonyl (C=O) groups is 1. The summed E-state index contributed by atoms with van der Waals surface area (Å²) >= 11 is 0. The third-order valence-corrected chi connectivity index (χ3v) is 2.28. The third kappa shape index (κ3) is 2.18. The van der Waals surface area contributed by atoms with Crippen LogP contribution in [0, 0.1) is 5.92 Å². The second kappa shape index (κ2) is 4.04. The van der Waals surface area contributed by atoms with E-state index in [0.717, 1.165) is 0 Å². The molecule has 4 atom stereocenters. The van der Waals surface area contributed by atoms with Crippen molar-refractivity contribution in [2.24, 2.45) is 5.92 Å². The smallest absolute Gasteiger partial charge is 0.303 e. The highest BCUT2D eigenvalue weighted by molar-refractivity contribution is 5.66. The van der Waals surface area contributed by atoms with Crippen molar-refractivity contribution >= 4 is 5.97 Å². The van der Waals surface area contributed by atoms with E-state index in [0.29, 0.717) is 0 Å². The van der Waals surface area contributed by atoms with Crippen LogP contribution >= 0.6 is 0 Å². The van der Waals surface area contributed by atoms with Crippen LogP contribution in [0.25, 0.3) is 0 Å². The molecule has 3 N–H and O–H groups in total. The zero-order valence-corrected chi connectivity index (χ0v) is 7.38. The minimum Gasteiger partial charge on any atom is -0.459 e. The number of esters is 1. The zero-order valence-electron chi connectivity index (χ0n) is 7.38. The molecule has 1 aliphatic rings. The highest BCUT2D eigenvalue weighted by atomic mass is 16.6. The van der Waals surface area contributed by atoms with E-state index in [2.05, 4.69) is 0 Å². The van der Waals surface area contributed by atoms with Gasteiger partial charge in [0.05, 0.1) is 6.10 Å². The third-order valence-electron chi connectivity index (χ3n) is 2.28. The van der Waals surface area contributed by atoms with E-state index in [1.807, 2.05) is 0 Å². The Morgan fingerprint density at radius 3 is 2.62 bits per heavy atom. The van der Waals surface area contributed by atoms with Gasteiger partial charge in [0, 0.05) is 19.4 Å². The lowest BCUT2D eigenvalue weighted by Gasteiger charge is -2.19. The standard InChI is InChI=1S/C8H14O5/c1-4(10)13-8-5(3-9)2-6(11)7(8)12/h5-9,11-12H,2-3H2,1H3. The first kappa shape index (κ1) is 10.4. The molecule has 0 aromatic carbocycles. The highest BCUT2D eigenvalue weighted by Gasteiger charge is 2.43. The molecule has 1 saturated carbocycles. The fourth-order valence-electron chi connectivity index (χ4n) is 1.62. The normalized spacial score (nSPS) is 39.1. The van der Waals surface area contributed by atoms with E-state index in [1.54, 1.807) is 0 Å². The molecule has 0 heterocycles. The van der Waals surface area contributed by atoms with Crippen molar-refractivity contribution in [2.45, 2.75) is 31.7 Å². The highest BCUT2D eigenvalue weighted by Crippen LogP contribution is 2.28. The number of aliphatic hydroxyl groups excluding tert-OH is 3. The molecular formula is C8H14O5. The lowest BCUT2D eigenvalue weighted by atomic mass is 10.1. The second-order valence-corrected chi connectivity index (χ2v) is 3.31. The largest absolute Gasteiger partial charge is 0.459 e. The van der Waals surface area contributed by atoms with Crippen LogP contribution in [0.1, 0.15) is 13.3 Å². The lowest BCUT2D eigenvalue weighted by Crippen LogP contribution is -2.35. The number of rotatable bonds is 2. The Morgan fingerprint density at radius 2 is 2.15 bits per heavy atom. The number of hydrogen-bond donors (Lipinski definition) is 3. The van der Waals surface area contributed by atoms with Crippen molar-refractivity contribution < 1.29 is 24.9 Å². The summed E-state index contributed by atoms with van der Waals surface area (Å²) in [5, 5.41) is 27.5. The Bertz CT molecular complexity index is 193. The predicted molar refractivity (Wildman–Crippen MR) is 42.8 cm³/mol. The van der Waals surface area contributed by atoms with Gasteiger partial charge in [-0.25, -0.2) is 0 Å². The number of ether oxygens (including phenoxy) is 1. The number of carbonyl (C=O) groups excluding carboxylic acids is 1. The van der Waals surface area contributed by atoms with E-state index in [1.165, 1.54) is 6.92 Å². The molecule has 5 nitrogen and oxygen atoms in total. The molecule has 1 rings (SSSR count). The average molecular weight is 190 g/mol. The van der Waals surface area contributed by atoms with Gasteiger partial charge < -0.3 is 20.1 Å². The van der Waals surface area contributed by atoms with Crippen LogP contribution in [0.2, 0.25) is 0 Å². The van der Waals surface area contributed by atoms with Gasteiger partial charge in [0.25, 0.3) is 0 Å². The average Bonchev–Trinajstić information content (AvgIpc) is 2.31. The maximum atomic E-state index is 10.6. The summed E-state index contributed by atoms with van der Waals surface area (Å²) in [6.07, 6.45) is -2.52. The second-order valence-electron chi connectivity index (χ2n) is 3.31. The Morgan fingerprint density at radius 1 is 1.54 bits per heavy atom. The van der Waals surface area contributed by atoms with Crippen molar-refractivity contribution in [1.82, 2.24) is 0 Å². The molecule has 76 valence electrons. The molecule has 0 aromatic heterocycles. The van der Waals surface area contributed by atoms with Crippen molar-refractivity contribution in [3.05, 3.63) is 0 Å². The fourth-order valence-corrected chi connectivity index (χ4v) is 1.62. The van der Waals surface area contributed by atoms with Gasteiger partial charge in [-0.05, 0) is 6.42 Å². The Labute approximate surface area is 75.9 Å². The lowest BCUT2D eigenvalue weighted by molar-refractivity contribution is -0.155. The van der Waals surface area contributed by atoms with Crippen molar-refractivity contribution in [3.8, 4) is 0 Å². The van der Waals surface area contributed by atoms with Crippen molar-refractivity contribution in [1.29, 1.82) is 0 Å². The van der Waals surface area contributed by atoms with Gasteiger partial charge in [0.2, 0.25) is 0 Å². The Kier molecular flexibility index (Phi) is 3.24. The minimum absolute atomic E-state index is 0.202. The molecular weight excluding hydrogens is 176 g/mol. The molecule has 4 unspecified atom stereocenters. The van der Waals surface area contributed by atoms with Gasteiger partial charge in [-0.2, -0.15) is 0 Å². The Hall–Kier alpha value is -0.650. The molecule has 0 aliphatic heterocycles. The van der Waals surface area contributed by atoms with E-state index in [-0.39, 0.29) is 18.9 Å². The van der Waals surface area contributed by atoms with Gasteiger partial charge in [-0.1, -0.05) is 0 Å². The first-order valence-electron chi connectivity index (χ1n) is 4.20. The van der Waals surface area contributed by atoms with Crippen LogP contribution in [-0.2, 0) is 9.53 Å². The summed E-state index contributed by atoms with van der Waals surface area (Å²) in [7, 11) is 0. The molecule has 0 radical (unpaired) electrons. The van der Waals surface area contributed by atoms with Gasteiger partial charge in [-0.3, -0.25) is 4.79 Å². The molecule has 1 aliphatic carbocycles. The maximum Gasteiger partial charge on any atom is 0.303 e. The molecule has 0 saturated heterocycles. The van der Waals surface area contributed by atoms with E-state index in [9.17, 15) is 15.0 Å². The van der Waals surface area contributed by atoms with Crippen LogP contribution < -0.4 is 0 Å². The maximum absolute atomic E-state index is 10.6. The van der Waals surface area contributed by atoms with Gasteiger partial charge in [0.15, 0.2) is 0 Å². The zero-order chi connectivity index (χ0) is 10.0. The molecule has 0 spiro atoms. The molecule has 1 fully saturated rings. The van der Waals surface area contributed by atoms with Crippen LogP contribution in [0.4, 0.5) is 0 Å². The van der Waals surface area contributed by atoms with Crippen molar-refractivity contribution in [3.63, 3.8) is 0 Å². The van der Waals surface area contributed by atoms with Crippen LogP contribution in [0.15, 0.2) is 0 Å². The SMILES string of the molecule is CC(=O)OC1C(CO)CC(O)C1O. The van der Waals surface area contributed by atoms with Crippen LogP contribution in [0.3, 0.4) is 0 Å². The van der Waals surface area contributed by atoms with E-state index < -0.39 is 24.3 Å². The summed E-state index contributed by atoms with van der Waals surface area (Å²) in [5.41, 5.74) is 0. The molecule has 0 bridgehead atoms. The summed E-state index contributed by atoms with van der Waals surface area (Å²) in [6.45, 7) is 1.03. The Balaban J connectivity index is 2.62. The monoisotopic (exact) mass is 190 g/mol. The van der Waals surface area contributed by atoms with Gasteiger partial charge in [-0.15, -0.1) is 0 Å². The summed E-state index contributed by atoms with van der Waals surface area (Å²) in [5.74, 6) is -0.884. The summed E-state index contributed by atoms with van der Waals surface area (Å²) in [4.78, 5) is 10.6. The van der Waals surface area contributed by atoms with E-state index in [4.69, 9.17) is 9.84 Å². The van der Waals surface area contributed by atoms with Crippen LogP contribution in [-0.4, -0.2) is 46.2 Å². The van der Waals surface area contributed by atoms with Crippen molar-refractivity contribution in [2.75, 3.05) is 6.61 Å². The van der Waals surface area contributed by atoms with Gasteiger partial charge >= 0.3 is 5.97 Å². The topological polar surface area (TPSA) is 87.0 Å². The molecule has 13 heavy (non-hydrogen) atoms. The number of aliphatic hydroxyl groups is 3. The number of hydrogen-bond acceptors (Lipinski definition) is 5. The molecule has 5 heteroatoms. The first-order chi connectivity index (χ1) is 6.06. The molecule has 0 amide bonds. The first-order valence-corrected chi connectivity index (χ1v) is 4.20. The quantitative estimate of drug-likeness (QED) is 0.469. The molecule has 0 aromatic rings. The van der Waals surface area contributed by atoms with Crippen LogP contribution in [0.5, 0.6) is 0 Å². The fraction of sp³-hybridized carbons (Fsp3) is 0.875. The minimum atomic E-state index is -1.08. The van der Waals surface area contributed by atoms with E-state index >= 15 is 0 Å². The summed E-state index contributed by atoms with van der Waals surface area (Å²) < 4.78 is 4.79. The summed E-state index contributed by atoms with van der Waals surface area (Å²) in [6, 6.07) is 0.